The quantitative estimate of drug-likeness (QED) is 0.588. The van der Waals surface area contributed by atoms with Crippen LogP contribution in [0, 0.1) is 13.8 Å². The highest BCUT2D eigenvalue weighted by Gasteiger charge is 2.23. The van der Waals surface area contributed by atoms with Gasteiger partial charge in [-0.3, -0.25) is 9.69 Å². The summed E-state index contributed by atoms with van der Waals surface area (Å²) in [5, 5.41) is 0.704. The summed E-state index contributed by atoms with van der Waals surface area (Å²) >= 11 is 1.53. The number of nitrogens with zero attached hydrogens (tertiary/aromatic N) is 3. The van der Waals surface area contributed by atoms with Crippen LogP contribution in [0.3, 0.4) is 0 Å². The van der Waals surface area contributed by atoms with Crippen LogP contribution in [-0.2, 0) is 0 Å². The third-order valence-corrected chi connectivity index (χ3v) is 5.58. The number of aromatic nitrogens is 1. The van der Waals surface area contributed by atoms with E-state index in [2.05, 4.69) is 4.90 Å². The minimum Gasteiger partial charge on any atom is -0.492 e. The number of likely N-dealkylation sites (N-methyl/N-ethyl adjacent to an activating group) is 1. The molecule has 0 N–H and O–H groups in total. The lowest BCUT2D eigenvalue weighted by Gasteiger charge is -2.23. The second-order valence-electron chi connectivity index (χ2n) is 7.11. The monoisotopic (exact) mass is 397 g/mol. The minimum absolute atomic E-state index is 0.0138. The molecule has 0 radical (unpaired) electrons. The Bertz CT molecular complexity index is 981. The number of benzene rings is 2. The fourth-order valence-corrected chi connectivity index (χ4v) is 4.00. The maximum absolute atomic E-state index is 13.5. The van der Waals surface area contributed by atoms with Crippen molar-refractivity contribution in [1.82, 2.24) is 9.88 Å². The lowest BCUT2D eigenvalue weighted by Crippen LogP contribution is -2.37. The number of aryl methyl sites for hydroxylation is 2. The van der Waals surface area contributed by atoms with Crippen LogP contribution >= 0.6 is 11.3 Å². The van der Waals surface area contributed by atoms with Gasteiger partial charge in [0.1, 0.15) is 11.3 Å². The molecule has 0 aliphatic carbocycles. The number of anilines is 1. The Hall–Kier alpha value is -2.44. The van der Waals surface area contributed by atoms with Crippen molar-refractivity contribution in [1.29, 1.82) is 0 Å². The molecule has 0 unspecified atom stereocenters. The predicted octanol–water partition coefficient (Wildman–Crippen LogP) is 4.52. The fourth-order valence-electron chi connectivity index (χ4n) is 2.99. The van der Waals surface area contributed by atoms with Crippen LogP contribution in [0.1, 0.15) is 28.4 Å². The molecule has 3 rings (SSSR count). The Morgan fingerprint density at radius 2 is 1.93 bits per heavy atom. The Morgan fingerprint density at radius 3 is 2.64 bits per heavy atom. The van der Waals surface area contributed by atoms with Gasteiger partial charge in [0.05, 0.1) is 11.3 Å². The first-order valence-electron chi connectivity index (χ1n) is 9.47. The van der Waals surface area contributed by atoms with Gasteiger partial charge in [0.25, 0.3) is 5.91 Å². The third kappa shape index (κ3) is 4.34. The number of carbonyl (C=O) groups excluding carboxylic acids is 1. The second kappa shape index (κ2) is 8.71. The summed E-state index contributed by atoms with van der Waals surface area (Å²) in [4.78, 5) is 22.1. The number of hydrogen-bond acceptors (Lipinski definition) is 5. The van der Waals surface area contributed by atoms with Crippen LogP contribution < -0.4 is 9.64 Å². The van der Waals surface area contributed by atoms with Gasteiger partial charge in [-0.15, -0.1) is 0 Å². The van der Waals surface area contributed by atoms with Crippen molar-refractivity contribution in [3.63, 3.8) is 0 Å². The molecule has 148 valence electrons. The van der Waals surface area contributed by atoms with E-state index in [-0.39, 0.29) is 5.91 Å². The molecule has 1 aromatic heterocycles. The highest BCUT2D eigenvalue weighted by molar-refractivity contribution is 7.22. The van der Waals surface area contributed by atoms with Crippen LogP contribution in [-0.4, -0.2) is 49.6 Å². The first kappa shape index (κ1) is 20.3. The second-order valence-corrected chi connectivity index (χ2v) is 8.12. The van der Waals surface area contributed by atoms with Crippen molar-refractivity contribution in [3.05, 3.63) is 53.1 Å². The van der Waals surface area contributed by atoms with E-state index >= 15 is 0 Å². The molecule has 0 aliphatic heterocycles. The van der Waals surface area contributed by atoms with E-state index in [1.54, 1.807) is 4.90 Å². The topological polar surface area (TPSA) is 45.7 Å². The first-order chi connectivity index (χ1) is 13.4. The molecule has 0 spiro atoms. The van der Waals surface area contributed by atoms with E-state index in [4.69, 9.17) is 9.72 Å². The van der Waals surface area contributed by atoms with E-state index in [9.17, 15) is 4.79 Å². The molecular formula is C22H27N3O2S. The van der Waals surface area contributed by atoms with Crippen molar-refractivity contribution in [2.24, 2.45) is 0 Å². The molecule has 6 heteroatoms. The van der Waals surface area contributed by atoms with Crippen molar-refractivity contribution in [2.75, 3.05) is 38.7 Å². The van der Waals surface area contributed by atoms with E-state index in [0.717, 1.165) is 39.2 Å². The summed E-state index contributed by atoms with van der Waals surface area (Å²) < 4.78 is 6.74. The van der Waals surface area contributed by atoms with Gasteiger partial charge < -0.3 is 9.64 Å². The van der Waals surface area contributed by atoms with Crippen LogP contribution in [0.2, 0.25) is 0 Å². The molecule has 1 amide bonds. The zero-order chi connectivity index (χ0) is 20.3. The van der Waals surface area contributed by atoms with Crippen molar-refractivity contribution in [3.8, 4) is 5.75 Å². The van der Waals surface area contributed by atoms with Gasteiger partial charge in [0, 0.05) is 18.7 Å². The summed E-state index contributed by atoms with van der Waals surface area (Å²) in [6.45, 7) is 7.85. The predicted molar refractivity (Wildman–Crippen MR) is 117 cm³/mol. The van der Waals surface area contributed by atoms with Crippen LogP contribution in [0.25, 0.3) is 10.2 Å². The number of thiazole rings is 1. The van der Waals surface area contributed by atoms with Gasteiger partial charge in [0.2, 0.25) is 0 Å². The van der Waals surface area contributed by atoms with E-state index in [1.165, 1.54) is 11.3 Å². The first-order valence-corrected chi connectivity index (χ1v) is 10.3. The molecule has 0 saturated carbocycles. The minimum atomic E-state index is -0.0138. The zero-order valence-corrected chi connectivity index (χ0v) is 18.0. The average Bonchev–Trinajstić information content (AvgIpc) is 3.08. The molecule has 5 nitrogen and oxygen atoms in total. The van der Waals surface area contributed by atoms with Crippen LogP contribution in [0.15, 0.2) is 36.4 Å². The third-order valence-electron chi connectivity index (χ3n) is 4.54. The summed E-state index contributed by atoms with van der Waals surface area (Å²) in [6.07, 6.45) is 0. The molecular weight excluding hydrogens is 370 g/mol. The number of fused-ring (bicyclic) bond motifs is 1. The molecule has 0 fully saturated rings. The Kier molecular flexibility index (Phi) is 6.31. The number of rotatable bonds is 7. The lowest BCUT2D eigenvalue weighted by molar-refractivity contribution is 0.0984. The molecule has 2 aromatic carbocycles. The molecule has 0 bridgehead atoms. The maximum Gasteiger partial charge on any atom is 0.260 e. The molecule has 0 atom stereocenters. The number of ether oxygens (including phenoxy) is 1. The van der Waals surface area contributed by atoms with E-state index < -0.39 is 0 Å². The van der Waals surface area contributed by atoms with E-state index in [1.807, 2.05) is 71.3 Å². The molecule has 3 aromatic rings. The van der Waals surface area contributed by atoms with Crippen LogP contribution in [0.4, 0.5) is 5.13 Å². The zero-order valence-electron chi connectivity index (χ0n) is 17.2. The lowest BCUT2D eigenvalue weighted by atomic mass is 10.0. The molecule has 1 heterocycles. The number of para-hydroxylation sites is 1. The molecule has 0 aliphatic rings. The van der Waals surface area contributed by atoms with Gasteiger partial charge in [-0.05, 0) is 58.6 Å². The number of amides is 1. The summed E-state index contributed by atoms with van der Waals surface area (Å²) in [6, 6.07) is 11.9. The van der Waals surface area contributed by atoms with Gasteiger partial charge in [-0.25, -0.2) is 4.98 Å². The Labute approximate surface area is 170 Å². The van der Waals surface area contributed by atoms with Gasteiger partial charge in [-0.2, -0.15) is 0 Å². The number of carbonyl (C=O) groups is 1. The summed E-state index contributed by atoms with van der Waals surface area (Å²) in [7, 11) is 4.01. The SMILES string of the molecule is CCOc1cccc2sc(N(CCN(C)C)C(=O)c3cc(C)ccc3C)nc12. The Morgan fingerprint density at radius 1 is 1.14 bits per heavy atom. The largest absolute Gasteiger partial charge is 0.492 e. The van der Waals surface area contributed by atoms with Crippen LogP contribution in [0.5, 0.6) is 5.75 Å². The smallest absolute Gasteiger partial charge is 0.260 e. The molecule has 28 heavy (non-hydrogen) atoms. The summed E-state index contributed by atoms with van der Waals surface area (Å²) in [5.41, 5.74) is 3.59. The van der Waals surface area contributed by atoms with Crippen molar-refractivity contribution in [2.45, 2.75) is 20.8 Å². The standard InChI is InChI=1S/C22H27N3O2S/c1-6-27-18-8-7-9-19-20(18)23-22(28-19)25(13-12-24(4)5)21(26)17-14-15(2)10-11-16(17)3/h7-11,14H,6,12-13H2,1-5H3. The van der Waals surface area contributed by atoms with Gasteiger partial charge >= 0.3 is 0 Å². The summed E-state index contributed by atoms with van der Waals surface area (Å²) in [5.74, 6) is 0.745. The highest BCUT2D eigenvalue weighted by Crippen LogP contribution is 2.35. The fraction of sp³-hybridized carbons (Fsp3) is 0.364. The van der Waals surface area contributed by atoms with Crippen molar-refractivity contribution >= 4 is 32.6 Å². The normalized spacial score (nSPS) is 11.2. The Balaban J connectivity index is 2.04. The number of hydrogen-bond donors (Lipinski definition) is 0. The average molecular weight is 398 g/mol. The highest BCUT2D eigenvalue weighted by atomic mass is 32.1. The van der Waals surface area contributed by atoms with Crippen molar-refractivity contribution < 1.29 is 9.53 Å². The van der Waals surface area contributed by atoms with Gasteiger partial charge in [0.15, 0.2) is 5.13 Å². The molecule has 0 saturated heterocycles. The maximum atomic E-state index is 13.5. The van der Waals surface area contributed by atoms with E-state index in [0.29, 0.717) is 18.3 Å². The van der Waals surface area contributed by atoms with Gasteiger partial charge in [-0.1, -0.05) is 35.1 Å².